The van der Waals surface area contributed by atoms with Gasteiger partial charge in [-0.1, -0.05) is 5.16 Å². The highest BCUT2D eigenvalue weighted by atomic mass is 16.5. The van der Waals surface area contributed by atoms with Crippen molar-refractivity contribution in [1.29, 1.82) is 0 Å². The Morgan fingerprint density at radius 2 is 2.29 bits per heavy atom. The van der Waals surface area contributed by atoms with Gasteiger partial charge in [-0.25, -0.2) is 5.84 Å². The highest BCUT2D eigenvalue weighted by molar-refractivity contribution is 5.78. The molecule has 0 atom stereocenters. The number of hydrogen-bond acceptors (Lipinski definition) is 4. The van der Waals surface area contributed by atoms with Crippen LogP contribution in [0, 0.1) is 13.8 Å². The number of aryl methyl sites for hydroxylation is 2. The number of nitrogens with one attached hydrogen (secondary N) is 2. The largest absolute Gasteiger partial charge is 0.361 e. The minimum Gasteiger partial charge on any atom is -0.361 e. The van der Waals surface area contributed by atoms with Crippen molar-refractivity contribution in [3.8, 4) is 0 Å². The van der Waals surface area contributed by atoms with Crippen LogP contribution in [0.5, 0.6) is 0 Å². The van der Waals surface area contributed by atoms with Crippen LogP contribution < -0.4 is 16.6 Å². The molecule has 1 rings (SSSR count). The molecule has 14 heavy (non-hydrogen) atoms. The molecule has 0 aliphatic heterocycles. The molecule has 4 N–H and O–H groups in total. The molecule has 0 bridgehead atoms. The summed E-state index contributed by atoms with van der Waals surface area (Å²) < 4.78 is 5.01. The summed E-state index contributed by atoms with van der Waals surface area (Å²) in [4.78, 5) is 3.88. The van der Waals surface area contributed by atoms with Crippen molar-refractivity contribution in [3.63, 3.8) is 0 Å². The summed E-state index contributed by atoms with van der Waals surface area (Å²) in [7, 11) is 1.65. The Hall–Kier alpha value is -1.56. The molecule has 0 unspecified atom stereocenters. The van der Waals surface area contributed by atoms with Crippen molar-refractivity contribution in [1.82, 2.24) is 15.9 Å². The van der Waals surface area contributed by atoms with Crippen LogP contribution in [-0.4, -0.2) is 18.2 Å². The lowest BCUT2D eigenvalue weighted by Gasteiger charge is -2.07. The first-order valence-electron chi connectivity index (χ1n) is 4.28. The molecule has 0 spiro atoms. The maximum Gasteiger partial charge on any atom is 0.205 e. The predicted octanol–water partition coefficient (Wildman–Crippen LogP) is -0.170. The van der Waals surface area contributed by atoms with E-state index in [0.717, 1.165) is 17.0 Å². The molecule has 0 aliphatic rings. The second-order valence-corrected chi connectivity index (χ2v) is 2.87. The Labute approximate surface area is 82.5 Å². The van der Waals surface area contributed by atoms with Crippen LogP contribution in [-0.2, 0) is 6.54 Å². The molecular weight excluding hydrogens is 182 g/mol. The fraction of sp³-hybridized carbons (Fsp3) is 0.500. The Bertz CT molecular complexity index is 311. The summed E-state index contributed by atoms with van der Waals surface area (Å²) in [6.45, 7) is 4.36. The van der Waals surface area contributed by atoms with E-state index in [4.69, 9.17) is 10.4 Å². The van der Waals surface area contributed by atoms with Gasteiger partial charge >= 0.3 is 0 Å². The Morgan fingerprint density at radius 3 is 2.71 bits per heavy atom. The summed E-state index contributed by atoms with van der Waals surface area (Å²) in [6.07, 6.45) is 0. The third-order valence-corrected chi connectivity index (χ3v) is 1.97. The van der Waals surface area contributed by atoms with Gasteiger partial charge < -0.3 is 9.84 Å². The standard InChI is InChI=1S/C8H15N5O/c1-5-7(6(2)14-13-5)4-11-8(10-3)12-9/h4,9H2,1-3H3,(H2,10,11,12). The number of aromatic nitrogens is 1. The summed E-state index contributed by atoms with van der Waals surface area (Å²) in [6, 6.07) is 0. The number of rotatable bonds is 2. The molecule has 0 aliphatic carbocycles. The van der Waals surface area contributed by atoms with Crippen LogP contribution in [0.2, 0.25) is 0 Å². The number of hydrogen-bond donors (Lipinski definition) is 3. The SMILES string of the molecule is CN=C(NN)NCc1c(C)noc1C. The molecule has 0 fully saturated rings. The van der Waals surface area contributed by atoms with E-state index in [9.17, 15) is 0 Å². The molecule has 6 nitrogen and oxygen atoms in total. The molecule has 0 aromatic carbocycles. The van der Waals surface area contributed by atoms with Gasteiger partial charge in [0.25, 0.3) is 0 Å². The van der Waals surface area contributed by atoms with Crippen molar-refractivity contribution in [2.24, 2.45) is 10.8 Å². The van der Waals surface area contributed by atoms with E-state index in [-0.39, 0.29) is 0 Å². The van der Waals surface area contributed by atoms with Crippen molar-refractivity contribution < 1.29 is 4.52 Å². The van der Waals surface area contributed by atoms with Gasteiger partial charge in [-0.15, -0.1) is 0 Å². The summed E-state index contributed by atoms with van der Waals surface area (Å²) in [5.74, 6) is 6.56. The normalized spacial score (nSPS) is 11.6. The minimum absolute atomic E-state index is 0.532. The number of hydrazine groups is 1. The van der Waals surface area contributed by atoms with E-state index >= 15 is 0 Å². The molecule has 0 saturated carbocycles. The average Bonchev–Trinajstić information content (AvgIpc) is 2.50. The van der Waals surface area contributed by atoms with Crippen molar-refractivity contribution >= 4 is 5.96 Å². The van der Waals surface area contributed by atoms with E-state index < -0.39 is 0 Å². The van der Waals surface area contributed by atoms with E-state index in [1.54, 1.807) is 7.05 Å². The second-order valence-electron chi connectivity index (χ2n) is 2.87. The van der Waals surface area contributed by atoms with Gasteiger partial charge in [-0.2, -0.15) is 0 Å². The Morgan fingerprint density at radius 1 is 1.57 bits per heavy atom. The molecular formula is C8H15N5O. The molecule has 0 saturated heterocycles. The third-order valence-electron chi connectivity index (χ3n) is 1.97. The van der Waals surface area contributed by atoms with Gasteiger partial charge in [0, 0.05) is 19.2 Å². The van der Waals surface area contributed by atoms with E-state index in [0.29, 0.717) is 12.5 Å². The van der Waals surface area contributed by atoms with E-state index in [2.05, 4.69) is 20.9 Å². The monoisotopic (exact) mass is 197 g/mol. The lowest BCUT2D eigenvalue weighted by molar-refractivity contribution is 0.392. The van der Waals surface area contributed by atoms with Crippen molar-refractivity contribution in [3.05, 3.63) is 17.0 Å². The third kappa shape index (κ3) is 2.23. The van der Waals surface area contributed by atoms with Crippen LogP contribution in [0.25, 0.3) is 0 Å². The number of nitrogens with zero attached hydrogens (tertiary/aromatic N) is 2. The average molecular weight is 197 g/mol. The van der Waals surface area contributed by atoms with Gasteiger partial charge in [0.05, 0.1) is 5.69 Å². The highest BCUT2D eigenvalue weighted by Gasteiger charge is 2.08. The lowest BCUT2D eigenvalue weighted by Crippen LogP contribution is -2.41. The fourth-order valence-corrected chi connectivity index (χ4v) is 1.12. The lowest BCUT2D eigenvalue weighted by atomic mass is 10.2. The summed E-state index contributed by atoms with van der Waals surface area (Å²) in [5, 5.41) is 6.86. The zero-order chi connectivity index (χ0) is 10.6. The number of guanidine groups is 1. The van der Waals surface area contributed by atoms with Crippen LogP contribution >= 0.6 is 0 Å². The van der Waals surface area contributed by atoms with Crippen LogP contribution in [0.1, 0.15) is 17.0 Å². The maximum atomic E-state index is 5.22. The molecule has 78 valence electrons. The van der Waals surface area contributed by atoms with E-state index in [1.807, 2.05) is 13.8 Å². The zero-order valence-electron chi connectivity index (χ0n) is 8.59. The molecule has 0 amide bonds. The minimum atomic E-state index is 0.532. The zero-order valence-corrected chi connectivity index (χ0v) is 8.59. The van der Waals surface area contributed by atoms with Crippen LogP contribution in [0.15, 0.2) is 9.52 Å². The first-order chi connectivity index (χ1) is 6.69. The summed E-state index contributed by atoms with van der Waals surface area (Å²) in [5.41, 5.74) is 4.35. The maximum absolute atomic E-state index is 5.22. The Kier molecular flexibility index (Phi) is 3.47. The molecule has 6 heteroatoms. The molecule has 1 aromatic rings. The van der Waals surface area contributed by atoms with Gasteiger partial charge in [-0.3, -0.25) is 10.4 Å². The predicted molar refractivity (Wildman–Crippen MR) is 53.5 cm³/mol. The van der Waals surface area contributed by atoms with Crippen LogP contribution in [0.4, 0.5) is 0 Å². The fourth-order valence-electron chi connectivity index (χ4n) is 1.12. The quantitative estimate of drug-likeness (QED) is 0.265. The van der Waals surface area contributed by atoms with Gasteiger partial charge in [0.1, 0.15) is 5.76 Å². The van der Waals surface area contributed by atoms with E-state index in [1.165, 1.54) is 0 Å². The van der Waals surface area contributed by atoms with Gasteiger partial charge in [-0.05, 0) is 13.8 Å². The first kappa shape index (κ1) is 10.5. The van der Waals surface area contributed by atoms with Gasteiger partial charge in [0.15, 0.2) is 0 Å². The van der Waals surface area contributed by atoms with Crippen molar-refractivity contribution in [2.45, 2.75) is 20.4 Å². The molecule has 0 radical (unpaired) electrons. The van der Waals surface area contributed by atoms with Crippen molar-refractivity contribution in [2.75, 3.05) is 7.05 Å². The van der Waals surface area contributed by atoms with Gasteiger partial charge in [0.2, 0.25) is 5.96 Å². The first-order valence-corrected chi connectivity index (χ1v) is 4.28. The highest BCUT2D eigenvalue weighted by Crippen LogP contribution is 2.10. The van der Waals surface area contributed by atoms with Crippen LogP contribution in [0.3, 0.4) is 0 Å². The number of aliphatic imine (C=N–C) groups is 1. The second kappa shape index (κ2) is 4.61. The number of nitrogens with two attached hydrogens (primary N) is 1. The topological polar surface area (TPSA) is 88.5 Å². The smallest absolute Gasteiger partial charge is 0.205 e. The molecule has 1 aromatic heterocycles. The summed E-state index contributed by atoms with van der Waals surface area (Å²) >= 11 is 0. The molecule has 1 heterocycles. The Balaban J connectivity index is 2.61.